The summed E-state index contributed by atoms with van der Waals surface area (Å²) in [5, 5.41) is 6.21. The van der Waals surface area contributed by atoms with E-state index in [1.807, 2.05) is 31.2 Å². The second kappa shape index (κ2) is 6.01. The molecule has 2 heterocycles. The normalized spacial score (nSPS) is 15.0. The van der Waals surface area contributed by atoms with Crippen LogP contribution in [0.4, 0.5) is 11.4 Å². The molecule has 1 amide bonds. The van der Waals surface area contributed by atoms with E-state index in [9.17, 15) is 4.79 Å². The van der Waals surface area contributed by atoms with Crippen molar-refractivity contribution in [3.8, 4) is 0 Å². The van der Waals surface area contributed by atoms with Gasteiger partial charge in [0.15, 0.2) is 0 Å². The number of benzene rings is 1. The van der Waals surface area contributed by atoms with E-state index in [0.717, 1.165) is 37.6 Å². The molecule has 0 radical (unpaired) electrons. The Hall–Kier alpha value is -2.27. The van der Waals surface area contributed by atoms with Gasteiger partial charge in [-0.05, 0) is 37.3 Å². The van der Waals surface area contributed by atoms with E-state index in [2.05, 4.69) is 15.5 Å². The molecule has 5 nitrogen and oxygen atoms in total. The predicted octanol–water partition coefficient (Wildman–Crippen LogP) is 2.25. The number of amides is 1. The zero-order valence-electron chi connectivity index (χ0n) is 12.1. The molecule has 2 N–H and O–H groups in total. The van der Waals surface area contributed by atoms with Crippen LogP contribution in [0.15, 0.2) is 41.0 Å². The average molecular weight is 285 g/mol. The van der Waals surface area contributed by atoms with Crippen LogP contribution >= 0.6 is 0 Å². The zero-order valence-corrected chi connectivity index (χ0v) is 12.1. The smallest absolute Gasteiger partial charge is 0.258 e. The molecule has 1 saturated heterocycles. The summed E-state index contributed by atoms with van der Waals surface area (Å²) in [6, 6.07) is 9.68. The summed E-state index contributed by atoms with van der Waals surface area (Å²) in [6.07, 6.45) is 1.47. The number of hydrogen-bond donors (Lipinski definition) is 2. The fourth-order valence-corrected chi connectivity index (χ4v) is 2.44. The Balaban J connectivity index is 1.65. The minimum Gasteiger partial charge on any atom is -0.469 e. The molecule has 1 fully saturated rings. The Morgan fingerprint density at radius 2 is 1.95 bits per heavy atom. The van der Waals surface area contributed by atoms with Crippen molar-refractivity contribution in [1.82, 2.24) is 5.32 Å². The topological polar surface area (TPSA) is 57.5 Å². The Morgan fingerprint density at radius 3 is 2.57 bits per heavy atom. The first-order chi connectivity index (χ1) is 10.2. The first kappa shape index (κ1) is 13.7. The van der Waals surface area contributed by atoms with Crippen molar-refractivity contribution in [1.29, 1.82) is 0 Å². The summed E-state index contributed by atoms with van der Waals surface area (Å²) in [4.78, 5) is 14.4. The second-order valence-electron chi connectivity index (χ2n) is 5.18. The number of rotatable bonds is 3. The first-order valence-corrected chi connectivity index (χ1v) is 7.14. The number of hydrogen-bond acceptors (Lipinski definition) is 4. The molecular weight excluding hydrogens is 266 g/mol. The lowest BCUT2D eigenvalue weighted by Gasteiger charge is -2.29. The molecule has 1 aromatic carbocycles. The molecule has 0 saturated carbocycles. The van der Waals surface area contributed by atoms with Gasteiger partial charge < -0.3 is 20.0 Å². The standard InChI is InChI=1S/C16H19N3O2/c1-12-10-13(11-21-12)16(20)18-14-2-4-15(5-3-14)19-8-6-17-7-9-19/h2-5,10-11,17H,6-9H2,1H3,(H,18,20). The Kier molecular flexibility index (Phi) is 3.92. The van der Waals surface area contributed by atoms with Crippen molar-refractivity contribution in [2.75, 3.05) is 36.4 Å². The highest BCUT2D eigenvalue weighted by Gasteiger charge is 2.11. The van der Waals surface area contributed by atoms with Gasteiger partial charge in [0.25, 0.3) is 5.91 Å². The van der Waals surface area contributed by atoms with E-state index in [0.29, 0.717) is 5.56 Å². The molecule has 3 rings (SSSR count). The van der Waals surface area contributed by atoms with E-state index in [1.165, 1.54) is 12.0 Å². The van der Waals surface area contributed by atoms with E-state index in [1.54, 1.807) is 6.07 Å². The quantitative estimate of drug-likeness (QED) is 0.908. The van der Waals surface area contributed by atoms with E-state index in [-0.39, 0.29) is 5.91 Å². The van der Waals surface area contributed by atoms with Crippen LogP contribution < -0.4 is 15.5 Å². The van der Waals surface area contributed by atoms with Crippen LogP contribution in [0.3, 0.4) is 0 Å². The molecule has 2 aromatic rings. The summed E-state index contributed by atoms with van der Waals surface area (Å²) >= 11 is 0. The minimum atomic E-state index is -0.151. The van der Waals surface area contributed by atoms with Crippen LogP contribution in [0.5, 0.6) is 0 Å². The molecule has 0 atom stereocenters. The molecular formula is C16H19N3O2. The van der Waals surface area contributed by atoms with Crippen molar-refractivity contribution < 1.29 is 9.21 Å². The number of piperazine rings is 1. The van der Waals surface area contributed by atoms with E-state index in [4.69, 9.17) is 4.42 Å². The molecule has 21 heavy (non-hydrogen) atoms. The Labute approximate surface area is 123 Å². The van der Waals surface area contributed by atoms with Gasteiger partial charge in [-0.25, -0.2) is 0 Å². The summed E-state index contributed by atoms with van der Waals surface area (Å²) in [5.41, 5.74) is 2.52. The lowest BCUT2D eigenvalue weighted by Crippen LogP contribution is -2.43. The lowest BCUT2D eigenvalue weighted by molar-refractivity contribution is 0.102. The van der Waals surface area contributed by atoms with Crippen LogP contribution in [-0.2, 0) is 0 Å². The highest BCUT2D eigenvalue weighted by molar-refractivity contribution is 6.04. The number of carbonyl (C=O) groups is 1. The van der Waals surface area contributed by atoms with Crippen molar-refractivity contribution in [2.24, 2.45) is 0 Å². The molecule has 0 bridgehead atoms. The third-order valence-corrected chi connectivity index (χ3v) is 3.60. The van der Waals surface area contributed by atoms with Gasteiger partial charge in [0.05, 0.1) is 5.56 Å². The lowest BCUT2D eigenvalue weighted by atomic mass is 10.2. The molecule has 1 aliphatic rings. The average Bonchev–Trinajstić information content (AvgIpc) is 2.96. The highest BCUT2D eigenvalue weighted by atomic mass is 16.3. The fraction of sp³-hybridized carbons (Fsp3) is 0.312. The summed E-state index contributed by atoms with van der Waals surface area (Å²) in [5.74, 6) is 0.580. The van der Waals surface area contributed by atoms with Gasteiger partial charge in [-0.2, -0.15) is 0 Å². The van der Waals surface area contributed by atoms with Gasteiger partial charge in [0, 0.05) is 37.6 Å². The van der Waals surface area contributed by atoms with E-state index < -0.39 is 0 Å². The van der Waals surface area contributed by atoms with Crippen molar-refractivity contribution >= 4 is 17.3 Å². The van der Waals surface area contributed by atoms with E-state index >= 15 is 0 Å². The summed E-state index contributed by atoms with van der Waals surface area (Å²) in [6.45, 7) is 5.87. The molecule has 0 spiro atoms. The molecule has 110 valence electrons. The third-order valence-electron chi connectivity index (χ3n) is 3.60. The first-order valence-electron chi connectivity index (χ1n) is 7.14. The highest BCUT2D eigenvalue weighted by Crippen LogP contribution is 2.19. The largest absolute Gasteiger partial charge is 0.469 e. The number of aryl methyl sites for hydroxylation is 1. The number of anilines is 2. The third kappa shape index (κ3) is 3.25. The maximum Gasteiger partial charge on any atom is 0.258 e. The monoisotopic (exact) mass is 285 g/mol. The Bertz CT molecular complexity index is 613. The van der Waals surface area contributed by atoms with Crippen LogP contribution in [0.25, 0.3) is 0 Å². The second-order valence-corrected chi connectivity index (χ2v) is 5.18. The molecule has 1 aliphatic heterocycles. The maximum atomic E-state index is 12.0. The Morgan fingerprint density at radius 1 is 1.24 bits per heavy atom. The number of nitrogens with zero attached hydrogens (tertiary/aromatic N) is 1. The van der Waals surface area contributed by atoms with Gasteiger partial charge in [-0.1, -0.05) is 0 Å². The van der Waals surface area contributed by atoms with Crippen molar-refractivity contribution in [3.05, 3.63) is 47.9 Å². The maximum absolute atomic E-state index is 12.0. The summed E-state index contributed by atoms with van der Waals surface area (Å²) < 4.78 is 5.15. The van der Waals surface area contributed by atoms with Crippen molar-refractivity contribution in [2.45, 2.75) is 6.92 Å². The molecule has 0 unspecified atom stereocenters. The van der Waals surface area contributed by atoms with Gasteiger partial charge in [0.1, 0.15) is 12.0 Å². The molecule has 5 heteroatoms. The van der Waals surface area contributed by atoms with Crippen LogP contribution in [0.2, 0.25) is 0 Å². The predicted molar refractivity (Wildman–Crippen MR) is 82.9 cm³/mol. The van der Waals surface area contributed by atoms with Gasteiger partial charge >= 0.3 is 0 Å². The number of furan rings is 1. The fourth-order valence-electron chi connectivity index (χ4n) is 2.44. The van der Waals surface area contributed by atoms with Gasteiger partial charge in [-0.15, -0.1) is 0 Å². The molecule has 1 aromatic heterocycles. The van der Waals surface area contributed by atoms with Crippen LogP contribution in [-0.4, -0.2) is 32.1 Å². The van der Waals surface area contributed by atoms with Gasteiger partial charge in [0.2, 0.25) is 0 Å². The zero-order chi connectivity index (χ0) is 14.7. The SMILES string of the molecule is Cc1cc(C(=O)Nc2ccc(N3CCNCC3)cc2)co1. The summed E-state index contributed by atoms with van der Waals surface area (Å²) in [7, 11) is 0. The number of nitrogens with one attached hydrogen (secondary N) is 2. The van der Waals surface area contributed by atoms with Crippen molar-refractivity contribution in [3.63, 3.8) is 0 Å². The van der Waals surface area contributed by atoms with Gasteiger partial charge in [-0.3, -0.25) is 4.79 Å². The number of carbonyl (C=O) groups excluding carboxylic acids is 1. The van der Waals surface area contributed by atoms with Crippen LogP contribution in [0, 0.1) is 6.92 Å². The van der Waals surface area contributed by atoms with Crippen LogP contribution in [0.1, 0.15) is 16.1 Å². The minimum absolute atomic E-state index is 0.151. The molecule has 0 aliphatic carbocycles.